The average Bonchev–Trinajstić information content (AvgIpc) is 2.72. The highest BCUT2D eigenvalue weighted by Gasteiger charge is 2.37. The molecule has 102 valence electrons. The lowest BCUT2D eigenvalue weighted by Gasteiger charge is -2.19. The first-order chi connectivity index (χ1) is 9.04. The van der Waals surface area contributed by atoms with Gasteiger partial charge in [0.25, 0.3) is 0 Å². The molecule has 1 aliphatic heterocycles. The number of carbonyl (C=O) groups excluding carboxylic acids is 2. The second-order valence-electron chi connectivity index (χ2n) is 4.66. The van der Waals surface area contributed by atoms with E-state index in [-0.39, 0.29) is 11.8 Å². The molecule has 4 nitrogen and oxygen atoms in total. The Morgan fingerprint density at radius 2 is 2.26 bits per heavy atom. The van der Waals surface area contributed by atoms with E-state index in [4.69, 9.17) is 0 Å². The zero-order valence-corrected chi connectivity index (χ0v) is 12.7. The second kappa shape index (κ2) is 5.74. The minimum Gasteiger partial charge on any atom is -0.356 e. The van der Waals surface area contributed by atoms with Crippen LogP contribution in [0.15, 0.2) is 22.7 Å². The maximum atomic E-state index is 12.3. The molecule has 2 amide bonds. The van der Waals surface area contributed by atoms with Gasteiger partial charge in [0.15, 0.2) is 0 Å². The highest BCUT2D eigenvalue weighted by Crippen LogP contribution is 2.29. The van der Waals surface area contributed by atoms with Crippen molar-refractivity contribution < 1.29 is 9.59 Å². The Kier molecular flexibility index (Phi) is 4.24. The largest absolute Gasteiger partial charge is 0.356 e. The van der Waals surface area contributed by atoms with Crippen molar-refractivity contribution in [2.75, 3.05) is 18.0 Å². The summed E-state index contributed by atoms with van der Waals surface area (Å²) in [5.74, 6) is -0.802. The van der Waals surface area contributed by atoms with Crippen LogP contribution in [0.1, 0.15) is 18.9 Å². The minimum atomic E-state index is -0.539. The van der Waals surface area contributed by atoms with Crippen molar-refractivity contribution in [3.63, 3.8) is 0 Å². The van der Waals surface area contributed by atoms with Crippen molar-refractivity contribution in [2.24, 2.45) is 5.92 Å². The average molecular weight is 325 g/mol. The number of carbonyl (C=O) groups is 2. The van der Waals surface area contributed by atoms with Crippen molar-refractivity contribution in [2.45, 2.75) is 20.3 Å². The molecule has 1 heterocycles. The Balaban J connectivity index is 2.20. The van der Waals surface area contributed by atoms with Crippen molar-refractivity contribution >= 4 is 33.4 Å². The molecule has 1 unspecified atom stereocenters. The van der Waals surface area contributed by atoms with Crippen LogP contribution in [-0.4, -0.2) is 24.9 Å². The fourth-order valence-corrected chi connectivity index (χ4v) is 2.86. The Bertz CT molecular complexity index is 516. The van der Waals surface area contributed by atoms with E-state index in [0.29, 0.717) is 19.5 Å². The summed E-state index contributed by atoms with van der Waals surface area (Å²) in [5, 5.41) is 2.72. The number of halogens is 1. The fraction of sp³-hybridized carbons (Fsp3) is 0.429. The lowest BCUT2D eigenvalue weighted by molar-refractivity contribution is -0.132. The molecule has 0 saturated carbocycles. The summed E-state index contributed by atoms with van der Waals surface area (Å²) in [6.07, 6.45) is 0.584. The third-order valence-electron chi connectivity index (χ3n) is 3.32. The van der Waals surface area contributed by atoms with E-state index in [9.17, 15) is 9.59 Å². The molecule has 1 fully saturated rings. The van der Waals surface area contributed by atoms with Crippen LogP contribution in [-0.2, 0) is 9.59 Å². The number of nitrogens with zero attached hydrogens (tertiary/aromatic N) is 1. The van der Waals surface area contributed by atoms with Crippen LogP contribution in [0.5, 0.6) is 0 Å². The van der Waals surface area contributed by atoms with Crippen LogP contribution in [0.4, 0.5) is 5.69 Å². The number of benzene rings is 1. The fourth-order valence-electron chi connectivity index (χ4n) is 2.38. The lowest BCUT2D eigenvalue weighted by atomic mass is 10.1. The van der Waals surface area contributed by atoms with E-state index in [0.717, 1.165) is 15.7 Å². The van der Waals surface area contributed by atoms with Gasteiger partial charge in [-0.15, -0.1) is 0 Å². The molecule has 1 aliphatic rings. The maximum Gasteiger partial charge on any atom is 0.239 e. The van der Waals surface area contributed by atoms with Crippen LogP contribution in [0.2, 0.25) is 0 Å². The summed E-state index contributed by atoms with van der Waals surface area (Å²) in [4.78, 5) is 25.8. The number of amides is 2. The molecule has 2 rings (SSSR count). The van der Waals surface area contributed by atoms with Crippen molar-refractivity contribution in [3.8, 4) is 0 Å². The molecular formula is C14H17BrN2O2. The predicted octanol–water partition coefficient (Wildman–Crippen LogP) is 2.25. The molecular weight excluding hydrogens is 308 g/mol. The van der Waals surface area contributed by atoms with E-state index in [2.05, 4.69) is 21.2 Å². The minimum absolute atomic E-state index is 0.101. The highest BCUT2D eigenvalue weighted by molar-refractivity contribution is 9.10. The molecule has 1 aromatic rings. The Morgan fingerprint density at radius 1 is 1.53 bits per heavy atom. The lowest BCUT2D eigenvalue weighted by Crippen LogP contribution is -2.36. The summed E-state index contributed by atoms with van der Waals surface area (Å²) in [6.45, 7) is 4.98. The van der Waals surface area contributed by atoms with E-state index in [1.165, 1.54) is 0 Å². The molecule has 1 atom stereocenters. The predicted molar refractivity (Wildman–Crippen MR) is 78.0 cm³/mol. The molecule has 19 heavy (non-hydrogen) atoms. The number of hydrogen-bond donors (Lipinski definition) is 1. The summed E-state index contributed by atoms with van der Waals surface area (Å²) in [6, 6.07) is 5.80. The normalized spacial score (nSPS) is 18.8. The van der Waals surface area contributed by atoms with Crippen LogP contribution >= 0.6 is 15.9 Å². The van der Waals surface area contributed by atoms with Gasteiger partial charge in [0, 0.05) is 23.2 Å². The molecule has 5 heteroatoms. The molecule has 1 N–H and O–H groups in total. The molecule has 1 saturated heterocycles. The Morgan fingerprint density at radius 3 is 2.89 bits per heavy atom. The zero-order valence-electron chi connectivity index (χ0n) is 11.1. The molecule has 1 aromatic carbocycles. The van der Waals surface area contributed by atoms with E-state index in [1.54, 1.807) is 4.90 Å². The molecule has 0 radical (unpaired) electrons. The molecule has 0 aromatic heterocycles. The van der Waals surface area contributed by atoms with Gasteiger partial charge in [0.2, 0.25) is 11.8 Å². The first kappa shape index (κ1) is 14.1. The second-order valence-corrected chi connectivity index (χ2v) is 5.57. The van der Waals surface area contributed by atoms with Crippen LogP contribution in [0, 0.1) is 12.8 Å². The molecule has 0 spiro atoms. The van der Waals surface area contributed by atoms with Gasteiger partial charge in [0.05, 0.1) is 0 Å². The van der Waals surface area contributed by atoms with Crippen molar-refractivity contribution in [3.05, 3.63) is 28.2 Å². The summed E-state index contributed by atoms with van der Waals surface area (Å²) in [7, 11) is 0. The van der Waals surface area contributed by atoms with E-state index in [1.807, 2.05) is 32.0 Å². The van der Waals surface area contributed by atoms with Crippen molar-refractivity contribution in [1.29, 1.82) is 0 Å². The number of hydrogen-bond acceptors (Lipinski definition) is 2. The number of rotatable bonds is 3. The number of anilines is 1. The van der Waals surface area contributed by atoms with Gasteiger partial charge in [-0.2, -0.15) is 0 Å². The van der Waals surface area contributed by atoms with Gasteiger partial charge in [-0.1, -0.05) is 15.9 Å². The first-order valence-electron chi connectivity index (χ1n) is 6.39. The Labute approximate surface area is 121 Å². The zero-order chi connectivity index (χ0) is 14.0. The standard InChI is InChI=1S/C14H17BrN2O2/c1-3-16-13(18)11-6-7-17(14(11)19)12-5-4-10(15)8-9(12)2/h4-5,8,11H,3,6-7H2,1-2H3,(H,16,18). The summed E-state index contributed by atoms with van der Waals surface area (Å²) in [5.41, 5.74) is 1.92. The van der Waals surface area contributed by atoms with Crippen LogP contribution in [0.25, 0.3) is 0 Å². The summed E-state index contributed by atoms with van der Waals surface area (Å²) >= 11 is 3.41. The monoisotopic (exact) mass is 324 g/mol. The number of nitrogens with one attached hydrogen (secondary N) is 1. The molecule has 0 bridgehead atoms. The van der Waals surface area contributed by atoms with Gasteiger partial charge in [-0.3, -0.25) is 9.59 Å². The smallest absolute Gasteiger partial charge is 0.239 e. The maximum absolute atomic E-state index is 12.3. The first-order valence-corrected chi connectivity index (χ1v) is 7.19. The third-order valence-corrected chi connectivity index (χ3v) is 3.82. The summed E-state index contributed by atoms with van der Waals surface area (Å²) < 4.78 is 0.987. The van der Waals surface area contributed by atoms with Gasteiger partial charge >= 0.3 is 0 Å². The SMILES string of the molecule is CCNC(=O)C1CCN(c2ccc(Br)cc2C)C1=O. The van der Waals surface area contributed by atoms with E-state index < -0.39 is 5.92 Å². The van der Waals surface area contributed by atoms with Gasteiger partial charge in [-0.05, 0) is 44.0 Å². The quantitative estimate of drug-likeness (QED) is 0.867. The third kappa shape index (κ3) is 2.81. The van der Waals surface area contributed by atoms with Crippen molar-refractivity contribution in [1.82, 2.24) is 5.32 Å². The number of aryl methyl sites for hydroxylation is 1. The van der Waals surface area contributed by atoms with Crippen LogP contribution < -0.4 is 10.2 Å². The van der Waals surface area contributed by atoms with Gasteiger partial charge in [0.1, 0.15) is 5.92 Å². The van der Waals surface area contributed by atoms with Gasteiger partial charge in [-0.25, -0.2) is 0 Å². The van der Waals surface area contributed by atoms with E-state index >= 15 is 0 Å². The van der Waals surface area contributed by atoms with Crippen LogP contribution in [0.3, 0.4) is 0 Å². The highest BCUT2D eigenvalue weighted by atomic mass is 79.9. The Hall–Kier alpha value is -1.36. The topological polar surface area (TPSA) is 49.4 Å². The van der Waals surface area contributed by atoms with Gasteiger partial charge < -0.3 is 10.2 Å². The molecule has 0 aliphatic carbocycles.